The molecule has 0 amide bonds. The molecule has 0 bridgehead atoms. The molecule has 0 aliphatic heterocycles. The van der Waals surface area contributed by atoms with Gasteiger partial charge in [-0.3, -0.25) is 0 Å². The number of carbonyl (C=O) groups is 1. The van der Waals surface area contributed by atoms with Crippen LogP contribution in [0.25, 0.3) is 0 Å². The first-order valence-electron chi connectivity index (χ1n) is 3.99. The lowest BCUT2D eigenvalue weighted by Crippen LogP contribution is -2.04. The van der Waals surface area contributed by atoms with Crippen LogP contribution in [0.1, 0.15) is 0 Å². The SMILES string of the molecule is COC(=O)/C=N/S(=O)(=O)c1ccccc1. The van der Waals surface area contributed by atoms with Crippen LogP contribution in [0.15, 0.2) is 39.6 Å². The molecule has 0 aromatic heterocycles. The minimum Gasteiger partial charge on any atom is -0.465 e. The Balaban J connectivity index is 2.96. The Labute approximate surface area is 87.5 Å². The van der Waals surface area contributed by atoms with Crippen molar-refractivity contribution in [3.8, 4) is 0 Å². The standard InChI is InChI=1S/C9H9NO4S/c1-14-9(11)7-10-15(12,13)8-5-3-2-4-6-8/h2-7H,1H3/b10-7+. The fourth-order valence-corrected chi connectivity index (χ4v) is 1.67. The van der Waals surface area contributed by atoms with E-state index in [-0.39, 0.29) is 4.90 Å². The van der Waals surface area contributed by atoms with Crippen LogP contribution in [-0.2, 0) is 19.6 Å². The maximum atomic E-state index is 11.4. The first kappa shape index (κ1) is 11.4. The van der Waals surface area contributed by atoms with Gasteiger partial charge in [0, 0.05) is 0 Å². The molecule has 0 atom stereocenters. The first-order valence-corrected chi connectivity index (χ1v) is 5.43. The fourth-order valence-electron chi connectivity index (χ4n) is 0.818. The summed E-state index contributed by atoms with van der Waals surface area (Å²) in [5.41, 5.74) is 0. The molecule has 0 radical (unpaired) electrons. The highest BCUT2D eigenvalue weighted by molar-refractivity contribution is 7.90. The molecule has 0 heterocycles. The molecule has 0 saturated carbocycles. The third kappa shape index (κ3) is 3.17. The van der Waals surface area contributed by atoms with Crippen molar-refractivity contribution < 1.29 is 17.9 Å². The van der Waals surface area contributed by atoms with Gasteiger partial charge in [-0.2, -0.15) is 12.8 Å². The summed E-state index contributed by atoms with van der Waals surface area (Å²) in [6.07, 6.45) is 0.627. The number of esters is 1. The van der Waals surface area contributed by atoms with Crippen LogP contribution >= 0.6 is 0 Å². The van der Waals surface area contributed by atoms with Crippen molar-refractivity contribution in [3.63, 3.8) is 0 Å². The van der Waals surface area contributed by atoms with Crippen LogP contribution in [0.2, 0.25) is 0 Å². The molecule has 0 N–H and O–H groups in total. The highest BCUT2D eigenvalue weighted by Gasteiger charge is 2.10. The Kier molecular flexibility index (Phi) is 3.56. The lowest BCUT2D eigenvalue weighted by Gasteiger charge is -1.96. The fraction of sp³-hybridized carbons (Fsp3) is 0.111. The molecular formula is C9H9NO4S. The molecular weight excluding hydrogens is 218 g/mol. The zero-order valence-electron chi connectivity index (χ0n) is 7.95. The van der Waals surface area contributed by atoms with Gasteiger partial charge in [0.1, 0.15) is 6.21 Å². The number of hydrogen-bond donors (Lipinski definition) is 0. The number of ether oxygens (including phenoxy) is 1. The van der Waals surface area contributed by atoms with Crippen LogP contribution < -0.4 is 0 Å². The maximum Gasteiger partial charge on any atom is 0.350 e. The smallest absolute Gasteiger partial charge is 0.350 e. The molecule has 1 rings (SSSR count). The molecule has 15 heavy (non-hydrogen) atoms. The summed E-state index contributed by atoms with van der Waals surface area (Å²) in [7, 11) is -2.65. The second-order valence-electron chi connectivity index (χ2n) is 2.55. The predicted molar refractivity (Wildman–Crippen MR) is 54.1 cm³/mol. The molecule has 0 aliphatic rings. The van der Waals surface area contributed by atoms with Crippen molar-refractivity contribution >= 4 is 22.2 Å². The zero-order valence-corrected chi connectivity index (χ0v) is 8.77. The Morgan fingerprint density at radius 1 is 1.33 bits per heavy atom. The van der Waals surface area contributed by atoms with Gasteiger partial charge >= 0.3 is 5.97 Å². The molecule has 0 saturated heterocycles. The minimum atomic E-state index is -3.80. The van der Waals surface area contributed by atoms with Crippen LogP contribution in [0, 0.1) is 0 Å². The van der Waals surface area contributed by atoms with Crippen LogP contribution in [0.3, 0.4) is 0 Å². The maximum absolute atomic E-state index is 11.4. The zero-order chi connectivity index (χ0) is 11.3. The number of benzene rings is 1. The largest absolute Gasteiger partial charge is 0.465 e. The number of rotatable bonds is 3. The predicted octanol–water partition coefficient (Wildman–Crippen LogP) is 0.619. The number of nitrogens with zero attached hydrogens (tertiary/aromatic N) is 1. The van der Waals surface area contributed by atoms with E-state index in [1.54, 1.807) is 18.2 Å². The van der Waals surface area contributed by atoms with Crippen molar-refractivity contribution in [3.05, 3.63) is 30.3 Å². The normalized spacial score (nSPS) is 11.5. The van der Waals surface area contributed by atoms with Crippen molar-refractivity contribution in [1.82, 2.24) is 0 Å². The first-order chi connectivity index (χ1) is 7.06. The van der Waals surface area contributed by atoms with E-state index in [9.17, 15) is 13.2 Å². The Hall–Kier alpha value is -1.69. The summed E-state index contributed by atoms with van der Waals surface area (Å²) in [6.45, 7) is 0. The van der Waals surface area contributed by atoms with E-state index < -0.39 is 16.0 Å². The lowest BCUT2D eigenvalue weighted by atomic mass is 10.4. The van der Waals surface area contributed by atoms with Gasteiger partial charge in [-0.15, -0.1) is 0 Å². The van der Waals surface area contributed by atoms with Crippen molar-refractivity contribution in [2.45, 2.75) is 4.90 Å². The highest BCUT2D eigenvalue weighted by Crippen LogP contribution is 2.10. The summed E-state index contributed by atoms with van der Waals surface area (Å²) >= 11 is 0. The molecule has 0 aliphatic carbocycles. The molecule has 0 fully saturated rings. The molecule has 0 spiro atoms. The van der Waals surface area contributed by atoms with Crippen molar-refractivity contribution in [1.29, 1.82) is 0 Å². The average molecular weight is 227 g/mol. The van der Waals surface area contributed by atoms with Gasteiger partial charge in [-0.1, -0.05) is 18.2 Å². The van der Waals surface area contributed by atoms with E-state index >= 15 is 0 Å². The van der Waals surface area contributed by atoms with E-state index in [0.717, 1.165) is 7.11 Å². The highest BCUT2D eigenvalue weighted by atomic mass is 32.2. The van der Waals surface area contributed by atoms with Crippen LogP contribution in [0.4, 0.5) is 0 Å². The van der Waals surface area contributed by atoms with Gasteiger partial charge in [0.2, 0.25) is 0 Å². The van der Waals surface area contributed by atoms with Crippen molar-refractivity contribution in [2.24, 2.45) is 4.40 Å². The molecule has 0 unspecified atom stereocenters. The van der Waals surface area contributed by atoms with Gasteiger partial charge in [-0.25, -0.2) is 4.79 Å². The minimum absolute atomic E-state index is 0.0325. The molecule has 1 aromatic carbocycles. The van der Waals surface area contributed by atoms with Crippen LogP contribution in [0.5, 0.6) is 0 Å². The van der Waals surface area contributed by atoms with Gasteiger partial charge in [0.05, 0.1) is 12.0 Å². The van der Waals surface area contributed by atoms with Gasteiger partial charge in [0.15, 0.2) is 0 Å². The van der Waals surface area contributed by atoms with Crippen LogP contribution in [-0.4, -0.2) is 27.7 Å². The third-order valence-electron chi connectivity index (χ3n) is 1.54. The number of sulfonamides is 1. The molecule has 80 valence electrons. The van der Waals surface area contributed by atoms with Gasteiger partial charge in [0.25, 0.3) is 10.0 Å². The monoisotopic (exact) mass is 227 g/mol. The van der Waals surface area contributed by atoms with E-state index in [1.807, 2.05) is 0 Å². The van der Waals surface area contributed by atoms with E-state index in [1.165, 1.54) is 12.1 Å². The number of carbonyl (C=O) groups excluding carboxylic acids is 1. The Morgan fingerprint density at radius 3 is 2.47 bits per heavy atom. The average Bonchev–Trinajstić information content (AvgIpc) is 2.27. The van der Waals surface area contributed by atoms with E-state index in [4.69, 9.17) is 0 Å². The van der Waals surface area contributed by atoms with Crippen molar-refractivity contribution in [2.75, 3.05) is 7.11 Å². The topological polar surface area (TPSA) is 72.8 Å². The number of methoxy groups -OCH3 is 1. The summed E-state index contributed by atoms with van der Waals surface area (Å²) in [4.78, 5) is 10.7. The third-order valence-corrected chi connectivity index (χ3v) is 2.79. The molecule has 5 nitrogen and oxygen atoms in total. The second kappa shape index (κ2) is 4.70. The van der Waals surface area contributed by atoms with Gasteiger partial charge < -0.3 is 4.74 Å². The quantitative estimate of drug-likeness (QED) is 0.560. The summed E-state index contributed by atoms with van der Waals surface area (Å²) < 4.78 is 30.3. The van der Waals surface area contributed by atoms with E-state index in [0.29, 0.717) is 6.21 Å². The summed E-state index contributed by atoms with van der Waals surface area (Å²) in [6, 6.07) is 7.61. The summed E-state index contributed by atoms with van der Waals surface area (Å²) in [5, 5.41) is 0. The van der Waals surface area contributed by atoms with E-state index in [2.05, 4.69) is 9.13 Å². The number of hydrogen-bond acceptors (Lipinski definition) is 4. The lowest BCUT2D eigenvalue weighted by molar-refractivity contribution is -0.132. The summed E-state index contributed by atoms with van der Waals surface area (Å²) in [5.74, 6) is -0.811. The Bertz CT molecular complexity index is 464. The van der Waals surface area contributed by atoms with Gasteiger partial charge in [-0.05, 0) is 12.1 Å². The molecule has 1 aromatic rings. The second-order valence-corrected chi connectivity index (χ2v) is 4.18. The Morgan fingerprint density at radius 2 is 1.93 bits per heavy atom. The molecule has 6 heteroatoms.